The number of nitrogens with one attached hydrogen (secondary N) is 1. The molecule has 1 aromatic heterocycles. The van der Waals surface area contributed by atoms with Gasteiger partial charge in [-0.3, -0.25) is 4.79 Å². The molecule has 2 atom stereocenters. The maximum Gasteiger partial charge on any atom is 0.262 e. The molecule has 1 spiro atoms. The SMILES string of the molecule is C[C@@H]1OCC2(CCN(c3cnc(Sc4cccc(NC(=O)C5=C(O)C(C#Cc6cccc(Cl)c6)=CN(C)C5=C=O)c4Cl)cn3)CC2)[C@@H]1N. The average molecular weight is 704 g/mol. The smallest absolute Gasteiger partial charge is 0.262 e. The van der Waals surface area contributed by atoms with Gasteiger partial charge in [-0.1, -0.05) is 58.9 Å². The second-order valence-corrected chi connectivity index (χ2v) is 13.7. The number of hydrogen-bond donors (Lipinski definition) is 3. The number of benzene rings is 2. The van der Waals surface area contributed by atoms with E-state index in [0.717, 1.165) is 31.7 Å². The lowest BCUT2D eigenvalue weighted by Gasteiger charge is -2.41. The minimum Gasteiger partial charge on any atom is -0.506 e. The predicted octanol–water partition coefficient (Wildman–Crippen LogP) is 5.61. The van der Waals surface area contributed by atoms with Crippen LogP contribution in [0.4, 0.5) is 11.5 Å². The summed E-state index contributed by atoms with van der Waals surface area (Å²) in [5.41, 5.74) is 7.06. The number of anilines is 2. The largest absolute Gasteiger partial charge is 0.506 e. The van der Waals surface area contributed by atoms with E-state index in [9.17, 15) is 14.7 Å². The Kier molecular flexibility index (Phi) is 9.85. The van der Waals surface area contributed by atoms with Crippen LogP contribution in [0.3, 0.4) is 0 Å². The molecule has 3 aliphatic rings. The number of likely N-dealkylation sites (N-methyl/N-ethyl adjacent to an activating group) is 1. The summed E-state index contributed by atoms with van der Waals surface area (Å²) in [6.07, 6.45) is 6.84. The van der Waals surface area contributed by atoms with Crippen molar-refractivity contribution in [3.63, 3.8) is 0 Å². The molecule has 2 saturated heterocycles. The zero-order valence-corrected chi connectivity index (χ0v) is 28.5. The Bertz CT molecular complexity index is 1920. The number of ether oxygens (including phenoxy) is 1. The van der Waals surface area contributed by atoms with E-state index in [4.69, 9.17) is 33.7 Å². The van der Waals surface area contributed by atoms with Gasteiger partial charge in [0, 0.05) is 53.3 Å². The summed E-state index contributed by atoms with van der Waals surface area (Å²) in [7, 11) is 1.56. The number of carbonyl (C=O) groups is 1. The molecule has 0 saturated carbocycles. The van der Waals surface area contributed by atoms with Gasteiger partial charge in [0.25, 0.3) is 5.91 Å². The normalized spacial score (nSPS) is 20.3. The molecule has 4 N–H and O–H groups in total. The first-order chi connectivity index (χ1) is 23.1. The van der Waals surface area contributed by atoms with Gasteiger partial charge in [-0.25, -0.2) is 14.8 Å². The number of piperidine rings is 1. The maximum absolute atomic E-state index is 13.5. The molecule has 48 heavy (non-hydrogen) atoms. The van der Waals surface area contributed by atoms with Gasteiger partial charge < -0.3 is 30.7 Å². The number of aromatic nitrogens is 2. The number of aliphatic hydroxyl groups excluding tert-OH is 1. The molecule has 0 bridgehead atoms. The molecule has 2 fully saturated rings. The standard InChI is InChI=1S/C35H32Cl2N6O4S/c1-21-33(38)35(20-47-21)11-13-43(14-12-35)28-16-40-29(17-39-28)48-27-8-4-7-25(31(27)37)41-34(46)30-26(19-44)42(2)18-23(32(30)45)10-9-22-5-3-6-24(36)15-22/h3-8,15-18,21,33,45H,11-14,20,38H2,1-2H3,(H,41,46)/t21-,33+/m0/s1. The van der Waals surface area contributed by atoms with Crippen LogP contribution in [-0.2, 0) is 14.3 Å². The lowest BCUT2D eigenvalue weighted by atomic mass is 9.73. The predicted molar refractivity (Wildman–Crippen MR) is 187 cm³/mol. The van der Waals surface area contributed by atoms with Crippen LogP contribution in [0.25, 0.3) is 0 Å². The molecule has 6 rings (SSSR count). The molecule has 246 valence electrons. The molecule has 13 heteroatoms. The second-order valence-electron chi connectivity index (χ2n) is 11.9. The molecule has 0 aliphatic carbocycles. The fourth-order valence-corrected chi connectivity index (χ4v) is 7.30. The highest BCUT2D eigenvalue weighted by atomic mass is 35.5. The topological polar surface area (TPSA) is 134 Å². The van der Waals surface area contributed by atoms with Crippen molar-refractivity contribution >= 4 is 58.3 Å². The number of carbonyl (C=O) groups excluding carboxylic acids is 2. The van der Waals surface area contributed by atoms with Gasteiger partial charge >= 0.3 is 0 Å². The zero-order chi connectivity index (χ0) is 34.0. The quantitative estimate of drug-likeness (QED) is 0.227. The summed E-state index contributed by atoms with van der Waals surface area (Å²) >= 11 is 14.1. The minimum absolute atomic E-state index is 0.0221. The van der Waals surface area contributed by atoms with Gasteiger partial charge in [0.05, 0.1) is 41.4 Å². The highest BCUT2D eigenvalue weighted by molar-refractivity contribution is 7.99. The van der Waals surface area contributed by atoms with Crippen LogP contribution in [0, 0.1) is 17.3 Å². The Hall–Kier alpha value is -4.27. The molecule has 3 aromatic rings. The monoisotopic (exact) mass is 702 g/mol. The van der Waals surface area contributed by atoms with Gasteiger partial charge in [0.15, 0.2) is 5.94 Å². The van der Waals surface area contributed by atoms with E-state index in [0.29, 0.717) is 27.1 Å². The molecule has 3 aliphatic heterocycles. The Morgan fingerprint density at radius 2 is 1.92 bits per heavy atom. The van der Waals surface area contributed by atoms with Crippen molar-refractivity contribution in [2.75, 3.05) is 37.0 Å². The highest BCUT2D eigenvalue weighted by Gasteiger charge is 2.47. The van der Waals surface area contributed by atoms with Crippen molar-refractivity contribution in [3.05, 3.63) is 99.3 Å². The van der Waals surface area contributed by atoms with Crippen LogP contribution in [0.1, 0.15) is 25.3 Å². The summed E-state index contributed by atoms with van der Waals surface area (Å²) in [4.78, 5) is 38.9. The molecular formula is C35H32Cl2N6O4S. The molecule has 4 heterocycles. The molecular weight excluding hydrogens is 671 g/mol. The van der Waals surface area contributed by atoms with E-state index in [-0.39, 0.29) is 45.1 Å². The van der Waals surface area contributed by atoms with Gasteiger partial charge in [-0.15, -0.1) is 0 Å². The molecule has 0 unspecified atom stereocenters. The van der Waals surface area contributed by atoms with E-state index in [2.05, 4.69) is 32.0 Å². The average Bonchev–Trinajstić information content (AvgIpc) is 3.35. The van der Waals surface area contributed by atoms with Crippen molar-refractivity contribution in [2.45, 2.75) is 41.8 Å². The fourth-order valence-electron chi connectivity index (χ4n) is 6.04. The molecule has 2 aromatic carbocycles. The Morgan fingerprint density at radius 1 is 1.15 bits per heavy atom. The van der Waals surface area contributed by atoms with Crippen LogP contribution in [-0.4, -0.2) is 70.7 Å². The number of aliphatic hydroxyl groups is 1. The third kappa shape index (κ3) is 6.82. The lowest BCUT2D eigenvalue weighted by Crippen LogP contribution is -2.50. The number of rotatable bonds is 5. The third-order valence-electron chi connectivity index (χ3n) is 8.86. The van der Waals surface area contributed by atoms with Crippen molar-refractivity contribution in [3.8, 4) is 11.8 Å². The molecule has 10 nitrogen and oxygen atoms in total. The molecule has 0 radical (unpaired) electrons. The van der Waals surface area contributed by atoms with Crippen molar-refractivity contribution < 1.29 is 19.4 Å². The first-order valence-electron chi connectivity index (χ1n) is 15.2. The Balaban J connectivity index is 1.15. The van der Waals surface area contributed by atoms with E-state index in [1.165, 1.54) is 22.9 Å². The maximum atomic E-state index is 13.5. The Morgan fingerprint density at radius 3 is 2.58 bits per heavy atom. The first-order valence-corrected chi connectivity index (χ1v) is 16.8. The van der Waals surface area contributed by atoms with E-state index < -0.39 is 11.7 Å². The van der Waals surface area contributed by atoms with E-state index in [1.807, 2.05) is 6.92 Å². The summed E-state index contributed by atoms with van der Waals surface area (Å²) < 4.78 is 5.84. The zero-order valence-electron chi connectivity index (χ0n) is 26.2. The van der Waals surface area contributed by atoms with Crippen LogP contribution in [0.2, 0.25) is 10.0 Å². The summed E-state index contributed by atoms with van der Waals surface area (Å²) in [6.45, 7) is 4.39. The number of hydrogen-bond acceptors (Lipinski definition) is 10. The van der Waals surface area contributed by atoms with Crippen LogP contribution in [0.15, 0.2) is 93.6 Å². The van der Waals surface area contributed by atoms with E-state index in [1.54, 1.807) is 67.8 Å². The van der Waals surface area contributed by atoms with Crippen molar-refractivity contribution in [2.24, 2.45) is 11.1 Å². The number of allylic oxidation sites excluding steroid dienone is 1. The number of nitrogens with zero attached hydrogens (tertiary/aromatic N) is 4. The molecule has 1 amide bonds. The van der Waals surface area contributed by atoms with Crippen LogP contribution < -0.4 is 16.0 Å². The number of amides is 1. The van der Waals surface area contributed by atoms with Gasteiger partial charge in [0.1, 0.15) is 27.9 Å². The lowest BCUT2D eigenvalue weighted by molar-refractivity contribution is -0.112. The fraction of sp³-hybridized carbons (Fsp3) is 0.286. The van der Waals surface area contributed by atoms with Gasteiger partial charge in [-0.2, -0.15) is 0 Å². The summed E-state index contributed by atoms with van der Waals surface area (Å²) in [5, 5.41) is 15.2. The summed E-state index contributed by atoms with van der Waals surface area (Å²) in [5.74, 6) is 7.07. The van der Waals surface area contributed by atoms with Crippen LogP contribution >= 0.6 is 35.0 Å². The first kappa shape index (κ1) is 33.6. The van der Waals surface area contributed by atoms with Crippen molar-refractivity contribution in [1.82, 2.24) is 14.9 Å². The Labute approximate surface area is 292 Å². The van der Waals surface area contributed by atoms with Crippen molar-refractivity contribution in [1.29, 1.82) is 0 Å². The number of halogens is 2. The minimum atomic E-state index is -0.760. The highest BCUT2D eigenvalue weighted by Crippen LogP contribution is 2.42. The number of nitrogens with two attached hydrogens (primary N) is 1. The van der Waals surface area contributed by atoms with E-state index >= 15 is 0 Å². The van der Waals surface area contributed by atoms with Gasteiger partial charge in [0.2, 0.25) is 0 Å². The van der Waals surface area contributed by atoms with Crippen LogP contribution in [0.5, 0.6) is 0 Å². The summed E-state index contributed by atoms with van der Waals surface area (Å²) in [6, 6.07) is 12.1. The third-order valence-corrected chi connectivity index (χ3v) is 10.6. The second kappa shape index (κ2) is 14.1. The van der Waals surface area contributed by atoms with Gasteiger partial charge in [-0.05, 0) is 50.1 Å².